The van der Waals surface area contributed by atoms with Gasteiger partial charge in [0.05, 0.1) is 11.2 Å². The van der Waals surface area contributed by atoms with Crippen molar-refractivity contribution < 1.29 is 0 Å². The number of hydrogen-bond acceptors (Lipinski definition) is 3. The maximum Gasteiger partial charge on any atom is 0.161 e. The normalized spacial score (nSPS) is 28.8. The molecule has 1 saturated carbocycles. The van der Waals surface area contributed by atoms with Crippen molar-refractivity contribution in [2.75, 3.05) is 11.1 Å². The van der Waals surface area contributed by atoms with Gasteiger partial charge in [-0.2, -0.15) is 0 Å². The second kappa shape index (κ2) is 5.96. The molecule has 2 aliphatic rings. The first-order chi connectivity index (χ1) is 9.97. The number of aryl methyl sites for hydroxylation is 2. The zero-order valence-electron chi connectivity index (χ0n) is 13.0. The maximum atomic E-state index is 5.08. The zero-order valence-corrected chi connectivity index (χ0v) is 15.4. The number of halogens is 1. The minimum atomic E-state index is 0.204. The molecule has 21 heavy (non-hydrogen) atoms. The number of thioether (sulfide) groups is 1. The van der Waals surface area contributed by atoms with Crippen molar-refractivity contribution in [2.24, 2.45) is 10.9 Å². The van der Waals surface area contributed by atoms with E-state index in [1.807, 2.05) is 11.8 Å². The lowest BCUT2D eigenvalue weighted by molar-refractivity contribution is 0.266. The Labute approximate surface area is 140 Å². The molecule has 0 saturated heterocycles. The second-order valence-electron chi connectivity index (χ2n) is 6.70. The van der Waals surface area contributed by atoms with Crippen LogP contribution in [0.2, 0.25) is 0 Å². The van der Waals surface area contributed by atoms with Crippen LogP contribution in [0.1, 0.15) is 43.7 Å². The molecular weight excluding hydrogens is 344 g/mol. The van der Waals surface area contributed by atoms with Crippen molar-refractivity contribution in [2.45, 2.75) is 52.0 Å². The summed E-state index contributed by atoms with van der Waals surface area (Å²) in [5, 5.41) is 4.65. The summed E-state index contributed by atoms with van der Waals surface area (Å²) in [7, 11) is 0. The number of nitrogens with zero attached hydrogens (tertiary/aromatic N) is 1. The Kier molecular flexibility index (Phi) is 4.37. The molecule has 114 valence electrons. The van der Waals surface area contributed by atoms with Crippen LogP contribution in [-0.4, -0.2) is 16.5 Å². The van der Waals surface area contributed by atoms with Crippen LogP contribution in [0.5, 0.6) is 0 Å². The number of hydrogen-bond donors (Lipinski definition) is 1. The van der Waals surface area contributed by atoms with Crippen LogP contribution in [0.15, 0.2) is 21.6 Å². The highest BCUT2D eigenvalue weighted by molar-refractivity contribution is 9.10. The van der Waals surface area contributed by atoms with Crippen molar-refractivity contribution in [3.05, 3.63) is 27.7 Å². The number of aliphatic imine (C=N–C) groups is 1. The van der Waals surface area contributed by atoms with Crippen molar-refractivity contribution >= 4 is 38.5 Å². The molecule has 1 spiro atoms. The van der Waals surface area contributed by atoms with E-state index in [0.717, 1.165) is 27.0 Å². The SMILES string of the molecule is Cc1cc(C)c(NC2=NC3(CCCC(C)C3)CS2)c(Br)c1. The van der Waals surface area contributed by atoms with Gasteiger partial charge >= 0.3 is 0 Å². The Morgan fingerprint density at radius 3 is 2.90 bits per heavy atom. The number of rotatable bonds is 1. The molecule has 1 aromatic rings. The summed E-state index contributed by atoms with van der Waals surface area (Å²) in [6, 6.07) is 4.37. The molecule has 1 fully saturated rings. The minimum Gasteiger partial charge on any atom is -0.334 e. The van der Waals surface area contributed by atoms with E-state index in [2.05, 4.69) is 54.2 Å². The van der Waals surface area contributed by atoms with Crippen LogP contribution in [0.3, 0.4) is 0 Å². The maximum absolute atomic E-state index is 5.08. The van der Waals surface area contributed by atoms with E-state index in [4.69, 9.17) is 4.99 Å². The van der Waals surface area contributed by atoms with Gasteiger partial charge in [0.2, 0.25) is 0 Å². The third-order valence-corrected chi connectivity index (χ3v) is 6.32. The first kappa shape index (κ1) is 15.4. The molecule has 0 aromatic heterocycles. The van der Waals surface area contributed by atoms with Gasteiger partial charge in [-0.05, 0) is 65.7 Å². The molecule has 2 unspecified atom stereocenters. The highest BCUT2D eigenvalue weighted by Crippen LogP contribution is 2.42. The molecule has 0 amide bonds. The highest BCUT2D eigenvalue weighted by Gasteiger charge is 2.39. The Morgan fingerprint density at radius 2 is 2.19 bits per heavy atom. The van der Waals surface area contributed by atoms with Gasteiger partial charge in [0.15, 0.2) is 5.17 Å². The first-order valence-electron chi connectivity index (χ1n) is 7.74. The molecule has 4 heteroatoms. The highest BCUT2D eigenvalue weighted by atomic mass is 79.9. The van der Waals surface area contributed by atoms with Gasteiger partial charge in [-0.1, -0.05) is 37.6 Å². The van der Waals surface area contributed by atoms with Crippen molar-refractivity contribution in [1.82, 2.24) is 0 Å². The van der Waals surface area contributed by atoms with Crippen LogP contribution >= 0.6 is 27.7 Å². The smallest absolute Gasteiger partial charge is 0.161 e. The Hall–Kier alpha value is -0.480. The summed E-state index contributed by atoms with van der Waals surface area (Å²) >= 11 is 5.56. The minimum absolute atomic E-state index is 0.204. The molecule has 1 aliphatic carbocycles. The van der Waals surface area contributed by atoms with Crippen molar-refractivity contribution in [3.8, 4) is 0 Å². The number of amidine groups is 1. The number of nitrogens with one attached hydrogen (secondary N) is 1. The van der Waals surface area contributed by atoms with E-state index < -0.39 is 0 Å². The second-order valence-corrected chi connectivity index (χ2v) is 8.51. The Balaban J connectivity index is 1.80. The zero-order chi connectivity index (χ0) is 15.0. The Bertz CT molecular complexity index is 561. The lowest BCUT2D eigenvalue weighted by Crippen LogP contribution is -2.33. The molecular formula is C17H23BrN2S. The predicted molar refractivity (Wildman–Crippen MR) is 97.5 cm³/mol. The molecule has 1 N–H and O–H groups in total. The fraction of sp³-hybridized carbons (Fsp3) is 0.588. The van der Waals surface area contributed by atoms with Gasteiger partial charge < -0.3 is 5.32 Å². The van der Waals surface area contributed by atoms with E-state index in [9.17, 15) is 0 Å². The standard InChI is InChI=1S/C17H23BrN2S/c1-11-5-4-6-17(9-11)10-21-16(20-17)19-15-13(3)7-12(2)8-14(15)18/h7-8,11H,4-6,9-10H2,1-3H3,(H,19,20). The van der Waals surface area contributed by atoms with Crippen LogP contribution in [0.4, 0.5) is 5.69 Å². The molecule has 1 aliphatic heterocycles. The molecule has 0 radical (unpaired) electrons. The third-order valence-electron chi connectivity index (χ3n) is 4.55. The van der Waals surface area contributed by atoms with Crippen molar-refractivity contribution in [3.63, 3.8) is 0 Å². The topological polar surface area (TPSA) is 24.4 Å². The van der Waals surface area contributed by atoms with Crippen LogP contribution in [0, 0.1) is 19.8 Å². The average Bonchev–Trinajstić information content (AvgIpc) is 2.76. The van der Waals surface area contributed by atoms with Gasteiger partial charge in [0, 0.05) is 10.2 Å². The molecule has 1 heterocycles. The molecule has 2 atom stereocenters. The molecule has 0 bridgehead atoms. The van der Waals surface area contributed by atoms with Crippen LogP contribution < -0.4 is 5.32 Å². The molecule has 1 aromatic carbocycles. The fourth-order valence-electron chi connectivity index (χ4n) is 3.59. The van der Waals surface area contributed by atoms with Crippen molar-refractivity contribution in [1.29, 1.82) is 0 Å². The predicted octanol–water partition coefficient (Wildman–Crippen LogP) is 5.53. The monoisotopic (exact) mass is 366 g/mol. The van der Waals surface area contributed by atoms with Crippen LogP contribution in [0.25, 0.3) is 0 Å². The van der Waals surface area contributed by atoms with E-state index in [1.165, 1.54) is 36.8 Å². The number of benzene rings is 1. The summed E-state index contributed by atoms with van der Waals surface area (Å²) in [6.07, 6.45) is 5.20. The molecule has 3 rings (SSSR count). The average molecular weight is 367 g/mol. The Morgan fingerprint density at radius 1 is 1.38 bits per heavy atom. The van der Waals surface area contributed by atoms with Gasteiger partial charge in [0.25, 0.3) is 0 Å². The van der Waals surface area contributed by atoms with E-state index in [0.29, 0.717) is 0 Å². The quantitative estimate of drug-likeness (QED) is 0.706. The van der Waals surface area contributed by atoms with Gasteiger partial charge in [0.1, 0.15) is 0 Å². The summed E-state index contributed by atoms with van der Waals surface area (Å²) in [4.78, 5) is 5.08. The summed E-state index contributed by atoms with van der Waals surface area (Å²) < 4.78 is 1.13. The van der Waals surface area contributed by atoms with Gasteiger partial charge in [-0.15, -0.1) is 0 Å². The summed E-state index contributed by atoms with van der Waals surface area (Å²) in [5.74, 6) is 1.96. The largest absolute Gasteiger partial charge is 0.334 e. The van der Waals surface area contributed by atoms with Gasteiger partial charge in [-0.3, -0.25) is 4.99 Å². The fourth-order valence-corrected chi connectivity index (χ4v) is 5.53. The lowest BCUT2D eigenvalue weighted by atomic mass is 9.78. The van der Waals surface area contributed by atoms with E-state index in [1.54, 1.807) is 0 Å². The third kappa shape index (κ3) is 3.31. The summed E-state index contributed by atoms with van der Waals surface area (Å²) in [5.41, 5.74) is 3.91. The first-order valence-corrected chi connectivity index (χ1v) is 9.52. The van der Waals surface area contributed by atoms with E-state index >= 15 is 0 Å². The number of anilines is 1. The van der Waals surface area contributed by atoms with Crippen LogP contribution in [-0.2, 0) is 0 Å². The molecule has 2 nitrogen and oxygen atoms in total. The van der Waals surface area contributed by atoms with Gasteiger partial charge in [-0.25, -0.2) is 0 Å². The lowest BCUT2D eigenvalue weighted by Gasteiger charge is -2.33. The van der Waals surface area contributed by atoms with E-state index in [-0.39, 0.29) is 5.54 Å². The summed E-state index contributed by atoms with van der Waals surface area (Å²) in [6.45, 7) is 6.65.